The van der Waals surface area contributed by atoms with Crippen molar-refractivity contribution in [1.29, 1.82) is 0 Å². The molecule has 7 nitrogen and oxygen atoms in total. The highest BCUT2D eigenvalue weighted by Crippen LogP contribution is 2.04. The molecule has 0 spiro atoms. The van der Waals surface area contributed by atoms with E-state index in [9.17, 15) is 4.79 Å². The molecule has 1 unspecified atom stereocenters. The number of nitrogens with zero attached hydrogens (tertiary/aromatic N) is 1. The molecule has 8 heteroatoms. The molecule has 4 N–H and O–H groups in total. The first-order chi connectivity index (χ1) is 7.49. The predicted molar refractivity (Wildman–Crippen MR) is 64.9 cm³/mol. The number of primary amides is 1. The summed E-state index contributed by atoms with van der Waals surface area (Å²) in [5, 5.41) is 0. The van der Waals surface area contributed by atoms with E-state index in [2.05, 4.69) is 11.8 Å². The summed E-state index contributed by atoms with van der Waals surface area (Å²) in [5.74, 6) is -0.338. The van der Waals surface area contributed by atoms with Crippen molar-refractivity contribution >= 4 is 16.3 Å². The number of nitrogens with two attached hydrogens (primary N) is 1. The normalized spacial score (nSPS) is 13.9. The average molecular weight is 268 g/mol. The van der Waals surface area contributed by atoms with Gasteiger partial charge in [0.25, 0.3) is 0 Å². The summed E-state index contributed by atoms with van der Waals surface area (Å²) >= 11 is 0. The molecule has 0 aliphatic heterocycles. The van der Waals surface area contributed by atoms with Crippen molar-refractivity contribution in [3.05, 3.63) is 11.6 Å². The van der Waals surface area contributed by atoms with Crippen LogP contribution in [0, 0.1) is 0 Å². The minimum Gasteiger partial charge on any atom is -0.366 e. The molecule has 0 aromatic rings. The molecule has 0 saturated carbocycles. The molecule has 0 bridgehead atoms. The van der Waals surface area contributed by atoms with Gasteiger partial charge in [-0.15, -0.1) is 0 Å². The highest BCUT2D eigenvalue weighted by atomic mass is 32.3. The number of hydrogen-bond donors (Lipinski definition) is 3. The highest BCUT2D eigenvalue weighted by Gasteiger charge is 2.07. The second-order valence-electron chi connectivity index (χ2n) is 3.60. The second kappa shape index (κ2) is 8.18. The SMILES string of the molecule is CCC(C=C(C)C(N)=O)N(C)C.O=S(=O)(O)O. The highest BCUT2D eigenvalue weighted by molar-refractivity contribution is 7.79. The third-order valence-electron chi connectivity index (χ3n) is 1.91. The van der Waals surface area contributed by atoms with Gasteiger partial charge in [0, 0.05) is 11.6 Å². The van der Waals surface area contributed by atoms with Crippen molar-refractivity contribution < 1.29 is 22.3 Å². The van der Waals surface area contributed by atoms with E-state index in [0.717, 1.165) is 6.42 Å². The van der Waals surface area contributed by atoms with Crippen molar-refractivity contribution in [3.63, 3.8) is 0 Å². The first-order valence-electron chi connectivity index (χ1n) is 4.83. The summed E-state index contributed by atoms with van der Waals surface area (Å²) in [6.45, 7) is 3.82. The van der Waals surface area contributed by atoms with Gasteiger partial charge < -0.3 is 10.6 Å². The van der Waals surface area contributed by atoms with Gasteiger partial charge in [-0.25, -0.2) is 0 Å². The first-order valence-corrected chi connectivity index (χ1v) is 6.23. The van der Waals surface area contributed by atoms with Crippen molar-refractivity contribution in [2.75, 3.05) is 14.1 Å². The summed E-state index contributed by atoms with van der Waals surface area (Å²) in [6.07, 6.45) is 2.89. The molecule has 0 aromatic carbocycles. The Morgan fingerprint density at radius 2 is 1.76 bits per heavy atom. The molecule has 0 aliphatic rings. The van der Waals surface area contributed by atoms with Crippen LogP contribution in [0.2, 0.25) is 0 Å². The molecule has 1 atom stereocenters. The Bertz CT molecular complexity index is 354. The van der Waals surface area contributed by atoms with Crippen molar-refractivity contribution in [3.8, 4) is 0 Å². The Hall–Kier alpha value is -0.960. The van der Waals surface area contributed by atoms with E-state index in [1.165, 1.54) is 0 Å². The summed E-state index contributed by atoms with van der Waals surface area (Å²) in [7, 11) is -0.697. The van der Waals surface area contributed by atoms with Gasteiger partial charge in [0.15, 0.2) is 0 Å². The maximum Gasteiger partial charge on any atom is 0.394 e. The lowest BCUT2D eigenvalue weighted by Crippen LogP contribution is -2.26. The molecule has 0 saturated heterocycles. The van der Waals surface area contributed by atoms with E-state index >= 15 is 0 Å². The lowest BCUT2D eigenvalue weighted by Gasteiger charge is -2.19. The number of hydrogen-bond acceptors (Lipinski definition) is 4. The van der Waals surface area contributed by atoms with Gasteiger partial charge in [-0.1, -0.05) is 13.0 Å². The van der Waals surface area contributed by atoms with E-state index in [-0.39, 0.29) is 5.91 Å². The van der Waals surface area contributed by atoms with Crippen LogP contribution in [-0.2, 0) is 15.2 Å². The van der Waals surface area contributed by atoms with Gasteiger partial charge in [0.2, 0.25) is 5.91 Å². The number of likely N-dealkylation sites (N-methyl/N-ethyl adjacent to an activating group) is 1. The van der Waals surface area contributed by atoms with Crippen LogP contribution in [0.4, 0.5) is 0 Å². The van der Waals surface area contributed by atoms with E-state index in [1.54, 1.807) is 6.92 Å². The largest absolute Gasteiger partial charge is 0.394 e. The van der Waals surface area contributed by atoms with Crippen LogP contribution in [0.1, 0.15) is 20.3 Å². The standard InChI is InChI=1S/C9H18N2O.H2O4S/c1-5-8(11(3)4)6-7(2)9(10)12;1-5(2,3)4/h6,8H,5H2,1-4H3,(H2,10,12);(H2,1,2,3,4). The topological polar surface area (TPSA) is 121 Å². The maximum atomic E-state index is 10.7. The lowest BCUT2D eigenvalue weighted by atomic mass is 10.1. The molecule has 17 heavy (non-hydrogen) atoms. The molecule has 0 fully saturated rings. The number of carbonyl (C=O) groups excluding carboxylic acids is 1. The van der Waals surface area contributed by atoms with Crippen LogP contribution in [-0.4, -0.2) is 48.5 Å². The molecule has 1 amide bonds. The van der Waals surface area contributed by atoms with E-state index in [1.807, 2.05) is 20.2 Å². The molecular formula is C9H20N2O5S. The van der Waals surface area contributed by atoms with Gasteiger partial charge >= 0.3 is 10.4 Å². The van der Waals surface area contributed by atoms with Crippen molar-refractivity contribution in [2.45, 2.75) is 26.3 Å². The van der Waals surface area contributed by atoms with Crippen LogP contribution < -0.4 is 5.73 Å². The lowest BCUT2D eigenvalue weighted by molar-refractivity contribution is -0.114. The van der Waals surface area contributed by atoms with Gasteiger partial charge in [0.1, 0.15) is 0 Å². The monoisotopic (exact) mass is 268 g/mol. The molecule has 0 aliphatic carbocycles. The number of carbonyl (C=O) groups is 1. The predicted octanol–water partition coefficient (Wildman–Crippen LogP) is 0.105. The first kappa shape index (κ1) is 18.4. The van der Waals surface area contributed by atoms with Crippen LogP contribution in [0.15, 0.2) is 11.6 Å². The quantitative estimate of drug-likeness (QED) is 0.491. The second-order valence-corrected chi connectivity index (χ2v) is 4.50. The average Bonchev–Trinajstić information content (AvgIpc) is 2.10. The Morgan fingerprint density at radius 3 is 1.94 bits per heavy atom. The number of rotatable bonds is 4. The molecule has 0 radical (unpaired) electrons. The van der Waals surface area contributed by atoms with Crippen LogP contribution >= 0.6 is 0 Å². The number of amides is 1. The van der Waals surface area contributed by atoms with Gasteiger partial charge in [0.05, 0.1) is 0 Å². The minimum atomic E-state index is -4.67. The zero-order valence-corrected chi connectivity index (χ0v) is 11.2. The molecule has 102 valence electrons. The summed E-state index contributed by atoms with van der Waals surface area (Å²) in [4.78, 5) is 12.8. The molecule has 0 aromatic heterocycles. The Labute approximate surface area is 102 Å². The third-order valence-corrected chi connectivity index (χ3v) is 1.91. The molecular weight excluding hydrogens is 248 g/mol. The third kappa shape index (κ3) is 15.0. The van der Waals surface area contributed by atoms with E-state index < -0.39 is 10.4 Å². The van der Waals surface area contributed by atoms with Gasteiger partial charge in [-0.2, -0.15) is 8.42 Å². The van der Waals surface area contributed by atoms with Crippen LogP contribution in [0.25, 0.3) is 0 Å². The fourth-order valence-electron chi connectivity index (χ4n) is 1.00. The summed E-state index contributed by atoms with van der Waals surface area (Å²) < 4.78 is 31.6. The fourth-order valence-corrected chi connectivity index (χ4v) is 1.00. The minimum absolute atomic E-state index is 0.303. The van der Waals surface area contributed by atoms with Crippen molar-refractivity contribution in [2.24, 2.45) is 5.73 Å². The van der Waals surface area contributed by atoms with Crippen molar-refractivity contribution in [1.82, 2.24) is 4.90 Å². The van der Waals surface area contributed by atoms with E-state index in [0.29, 0.717) is 11.6 Å². The zero-order chi connectivity index (χ0) is 14.2. The Balaban J connectivity index is 0. The Morgan fingerprint density at radius 1 is 1.41 bits per heavy atom. The van der Waals surface area contributed by atoms with E-state index in [4.69, 9.17) is 23.3 Å². The van der Waals surface area contributed by atoms with Crippen LogP contribution in [0.3, 0.4) is 0 Å². The smallest absolute Gasteiger partial charge is 0.366 e. The van der Waals surface area contributed by atoms with Gasteiger partial charge in [-0.05, 0) is 27.4 Å². The zero-order valence-electron chi connectivity index (χ0n) is 10.4. The summed E-state index contributed by atoms with van der Waals surface area (Å²) in [6, 6.07) is 0.303. The van der Waals surface area contributed by atoms with Gasteiger partial charge in [-0.3, -0.25) is 13.9 Å². The summed E-state index contributed by atoms with van der Waals surface area (Å²) in [5.41, 5.74) is 5.75. The molecule has 0 rings (SSSR count). The Kier molecular flexibility index (Phi) is 8.85. The maximum absolute atomic E-state index is 10.7. The molecule has 0 heterocycles. The van der Waals surface area contributed by atoms with Crippen LogP contribution in [0.5, 0.6) is 0 Å². The fraction of sp³-hybridized carbons (Fsp3) is 0.667.